The van der Waals surface area contributed by atoms with Gasteiger partial charge < -0.3 is 24.8 Å². The summed E-state index contributed by atoms with van der Waals surface area (Å²) in [4.78, 5) is 0. The van der Waals surface area contributed by atoms with Crippen LogP contribution in [-0.2, 0) is 18.6 Å². The average molecular weight is 598 g/mol. The second-order valence-electron chi connectivity index (χ2n) is 8.44. The van der Waals surface area contributed by atoms with Crippen LogP contribution in [0.3, 0.4) is 0 Å². The van der Waals surface area contributed by atoms with Crippen molar-refractivity contribution in [2.45, 2.75) is 44.6 Å². The predicted octanol–water partition coefficient (Wildman–Crippen LogP) is 3.12. The monoisotopic (exact) mass is 597 g/mol. The normalized spacial score (nSPS) is 13.5. The van der Waals surface area contributed by atoms with E-state index in [1.807, 2.05) is 36.4 Å². The van der Waals surface area contributed by atoms with Crippen LogP contribution in [0.1, 0.15) is 30.7 Å². The summed E-state index contributed by atoms with van der Waals surface area (Å²) in [7, 11) is 0. The van der Waals surface area contributed by atoms with Gasteiger partial charge in [-0.1, -0.05) is 37.3 Å². The van der Waals surface area contributed by atoms with Crippen LogP contribution in [0.5, 0.6) is 11.5 Å². The van der Waals surface area contributed by atoms with Crippen molar-refractivity contribution in [1.82, 2.24) is 15.0 Å². The molecule has 0 saturated carbocycles. The molecule has 0 aliphatic heterocycles. The standard InChI is InChI=1S/C24H29ClIN3O5/c1-24(2,17-5-8-23(22(26)9-17)34-14-19(31)10-25)16-3-6-21(7-4-16)33-15-20(32)12-29-18(13-30)11-27-28-29/h3-9,11,19-20,30-32H,10,12-15H2,1-2H3/t19-,20+/m1/s1/i26-4. The molecule has 3 N–H and O–H groups in total. The van der Waals surface area contributed by atoms with E-state index in [2.05, 4.69) is 52.8 Å². The van der Waals surface area contributed by atoms with E-state index in [1.54, 1.807) is 0 Å². The van der Waals surface area contributed by atoms with Gasteiger partial charge in [-0.05, 0) is 58.0 Å². The number of halogens is 2. The third kappa shape index (κ3) is 6.82. The summed E-state index contributed by atoms with van der Waals surface area (Å²) in [5.74, 6) is 1.49. The second kappa shape index (κ2) is 12.2. The summed E-state index contributed by atoms with van der Waals surface area (Å²) in [5.41, 5.74) is 2.50. The van der Waals surface area contributed by atoms with Crippen molar-refractivity contribution in [3.05, 3.63) is 69.1 Å². The van der Waals surface area contributed by atoms with Crippen LogP contribution in [0.2, 0.25) is 0 Å². The maximum Gasteiger partial charge on any atom is 0.132 e. The molecule has 0 spiro atoms. The first-order valence-electron chi connectivity index (χ1n) is 10.8. The highest BCUT2D eigenvalue weighted by Gasteiger charge is 2.24. The molecule has 0 radical (unpaired) electrons. The highest BCUT2D eigenvalue weighted by molar-refractivity contribution is 14.1. The third-order valence-electron chi connectivity index (χ3n) is 5.52. The van der Waals surface area contributed by atoms with Crippen LogP contribution in [0.4, 0.5) is 0 Å². The van der Waals surface area contributed by atoms with E-state index >= 15 is 0 Å². The van der Waals surface area contributed by atoms with Crippen molar-refractivity contribution in [3.63, 3.8) is 0 Å². The number of aromatic nitrogens is 3. The minimum absolute atomic E-state index is 0.0888. The van der Waals surface area contributed by atoms with Crippen LogP contribution >= 0.6 is 34.2 Å². The molecule has 0 bridgehead atoms. The molecule has 0 saturated heterocycles. The van der Waals surface area contributed by atoms with Crippen molar-refractivity contribution in [3.8, 4) is 11.5 Å². The molecule has 10 heteroatoms. The lowest BCUT2D eigenvalue weighted by atomic mass is 9.78. The molecule has 2 aromatic carbocycles. The predicted molar refractivity (Wildman–Crippen MR) is 137 cm³/mol. The minimum Gasteiger partial charge on any atom is -0.491 e. The molecule has 0 aliphatic rings. The van der Waals surface area contributed by atoms with Crippen LogP contribution in [-0.4, -0.2) is 61.6 Å². The molecule has 184 valence electrons. The summed E-state index contributed by atoms with van der Waals surface area (Å²) in [6, 6.07) is 13.8. The first kappa shape index (κ1) is 26.7. The Balaban J connectivity index is 1.61. The van der Waals surface area contributed by atoms with Crippen LogP contribution in [0.15, 0.2) is 48.7 Å². The Bertz CT molecular complexity index is 1060. The molecule has 3 aromatic rings. The van der Waals surface area contributed by atoms with Gasteiger partial charge in [-0.25, -0.2) is 4.68 Å². The zero-order chi connectivity index (χ0) is 24.7. The van der Waals surface area contributed by atoms with Gasteiger partial charge in [0, 0.05) is 5.41 Å². The molecule has 1 aromatic heterocycles. The number of hydrogen-bond acceptors (Lipinski definition) is 7. The first-order valence-corrected chi connectivity index (χ1v) is 12.4. The molecular weight excluding hydrogens is 569 g/mol. The van der Waals surface area contributed by atoms with E-state index in [0.717, 1.165) is 14.7 Å². The number of alkyl halides is 1. The molecule has 0 amide bonds. The molecule has 3 rings (SSSR count). The molecule has 0 unspecified atom stereocenters. The van der Waals surface area contributed by atoms with Gasteiger partial charge in [0.15, 0.2) is 0 Å². The number of benzene rings is 2. The Morgan fingerprint density at radius 2 is 1.71 bits per heavy atom. The Labute approximate surface area is 217 Å². The third-order valence-corrected chi connectivity index (χ3v) is 6.72. The molecule has 8 nitrogen and oxygen atoms in total. The van der Waals surface area contributed by atoms with E-state index in [4.69, 9.17) is 21.1 Å². The number of ether oxygens (including phenoxy) is 2. The zero-order valence-corrected chi connectivity index (χ0v) is 22.0. The van der Waals surface area contributed by atoms with Crippen LogP contribution < -0.4 is 9.47 Å². The fraction of sp³-hybridized carbons (Fsp3) is 0.417. The molecule has 2 atom stereocenters. The topological polar surface area (TPSA) is 110 Å². The lowest BCUT2D eigenvalue weighted by Crippen LogP contribution is -2.25. The Kier molecular flexibility index (Phi) is 9.55. The summed E-state index contributed by atoms with van der Waals surface area (Å²) in [6.07, 6.45) is -0.0331. The minimum atomic E-state index is -0.795. The fourth-order valence-electron chi connectivity index (χ4n) is 3.37. The maximum absolute atomic E-state index is 10.2. The number of rotatable bonds is 12. The van der Waals surface area contributed by atoms with E-state index in [1.165, 1.54) is 10.9 Å². The quantitative estimate of drug-likeness (QED) is 0.217. The van der Waals surface area contributed by atoms with Crippen LogP contribution in [0.25, 0.3) is 0 Å². The Morgan fingerprint density at radius 3 is 2.35 bits per heavy atom. The lowest BCUT2D eigenvalue weighted by molar-refractivity contribution is 0.0866. The van der Waals surface area contributed by atoms with Crippen molar-refractivity contribution in [2.24, 2.45) is 0 Å². The molecular formula is C24H29ClIN3O5. The number of aliphatic hydroxyl groups excluding tert-OH is 3. The highest BCUT2D eigenvalue weighted by Crippen LogP contribution is 2.35. The van der Waals surface area contributed by atoms with Gasteiger partial charge in [-0.15, -0.1) is 16.7 Å². The summed E-state index contributed by atoms with van der Waals surface area (Å²) in [6.45, 7) is 4.53. The molecule has 1 heterocycles. The van der Waals surface area contributed by atoms with E-state index in [-0.39, 0.29) is 37.7 Å². The first-order chi connectivity index (χ1) is 16.2. The van der Waals surface area contributed by atoms with Gasteiger partial charge in [0.05, 0.1) is 34.5 Å². The zero-order valence-electron chi connectivity index (χ0n) is 19.1. The van der Waals surface area contributed by atoms with Crippen molar-refractivity contribution in [1.29, 1.82) is 0 Å². The van der Waals surface area contributed by atoms with Crippen molar-refractivity contribution >= 4 is 34.2 Å². The largest absolute Gasteiger partial charge is 0.491 e. The van der Waals surface area contributed by atoms with Gasteiger partial charge >= 0.3 is 0 Å². The highest BCUT2D eigenvalue weighted by atomic mass is 123. The smallest absolute Gasteiger partial charge is 0.132 e. The van der Waals surface area contributed by atoms with Crippen molar-refractivity contribution < 1.29 is 24.8 Å². The molecule has 0 fully saturated rings. The number of aliphatic hydroxyl groups is 3. The van der Waals surface area contributed by atoms with Crippen molar-refractivity contribution in [2.75, 3.05) is 19.1 Å². The Hall–Kier alpha value is -1.92. The summed E-state index contributed by atoms with van der Waals surface area (Å²) < 4.78 is 13.8. The SMILES string of the molecule is CC(C)(c1ccc(OC[C@@H](O)Cn2nncc2CO)cc1)c1ccc(OC[C@H](O)CCl)c([123I])c1. The van der Waals surface area contributed by atoms with Gasteiger partial charge in [-0.2, -0.15) is 0 Å². The summed E-state index contributed by atoms with van der Waals surface area (Å²) in [5, 5.41) is 36.7. The van der Waals surface area contributed by atoms with Gasteiger partial charge in [-0.3, -0.25) is 0 Å². The maximum atomic E-state index is 10.2. The second-order valence-corrected chi connectivity index (χ2v) is 9.91. The average Bonchev–Trinajstić information content (AvgIpc) is 3.28. The van der Waals surface area contributed by atoms with E-state index in [0.29, 0.717) is 17.2 Å². The summed E-state index contributed by atoms with van der Waals surface area (Å²) >= 11 is 7.86. The number of hydrogen-bond donors (Lipinski definition) is 3. The molecule has 0 aliphatic carbocycles. The Morgan fingerprint density at radius 1 is 1.03 bits per heavy atom. The number of nitrogens with zero attached hydrogens (tertiary/aromatic N) is 3. The van der Waals surface area contributed by atoms with Gasteiger partial charge in [0.25, 0.3) is 0 Å². The van der Waals surface area contributed by atoms with E-state index < -0.39 is 12.2 Å². The van der Waals surface area contributed by atoms with Crippen LogP contribution in [0, 0.1) is 3.57 Å². The molecule has 34 heavy (non-hydrogen) atoms. The fourth-order valence-corrected chi connectivity index (χ4v) is 4.13. The van der Waals surface area contributed by atoms with Gasteiger partial charge in [0.1, 0.15) is 36.9 Å². The van der Waals surface area contributed by atoms with E-state index in [9.17, 15) is 15.3 Å². The lowest BCUT2D eigenvalue weighted by Gasteiger charge is -2.27. The van der Waals surface area contributed by atoms with Gasteiger partial charge in [0.2, 0.25) is 0 Å².